The first-order valence-corrected chi connectivity index (χ1v) is 7.05. The molecule has 1 aromatic carbocycles. The van der Waals surface area contributed by atoms with Gasteiger partial charge in [-0.15, -0.1) is 0 Å². The van der Waals surface area contributed by atoms with E-state index in [1.54, 1.807) is 0 Å². The first-order chi connectivity index (χ1) is 9.88. The molecule has 0 bridgehead atoms. The molecule has 0 aromatic heterocycles. The third-order valence-electron chi connectivity index (χ3n) is 3.01. The molecular weight excluding hydrogens is 270 g/mol. The minimum atomic E-state index is -0.915. The van der Waals surface area contributed by atoms with Crippen molar-refractivity contribution in [3.8, 4) is 0 Å². The van der Waals surface area contributed by atoms with Crippen molar-refractivity contribution in [3.05, 3.63) is 35.4 Å². The fourth-order valence-corrected chi connectivity index (χ4v) is 1.90. The number of carboxylic acid groups (broad SMARTS) is 1. The van der Waals surface area contributed by atoms with E-state index in [0.717, 1.165) is 11.1 Å². The topological polar surface area (TPSA) is 75.6 Å². The summed E-state index contributed by atoms with van der Waals surface area (Å²) in [6.07, 6.45) is 0.362. The molecule has 0 radical (unpaired) electrons. The number of benzene rings is 1. The SMILES string of the molecule is Cc1cccc(CC(CNC(=O)COC(C)C)C(=O)O)c1. The van der Waals surface area contributed by atoms with Gasteiger partial charge in [-0.3, -0.25) is 9.59 Å². The lowest BCUT2D eigenvalue weighted by molar-refractivity contribution is -0.141. The quantitative estimate of drug-likeness (QED) is 0.766. The summed E-state index contributed by atoms with van der Waals surface area (Å²) >= 11 is 0. The fourth-order valence-electron chi connectivity index (χ4n) is 1.90. The van der Waals surface area contributed by atoms with Crippen LogP contribution in [0.1, 0.15) is 25.0 Å². The second-order valence-electron chi connectivity index (χ2n) is 5.39. The lowest BCUT2D eigenvalue weighted by atomic mass is 9.98. The second-order valence-corrected chi connectivity index (χ2v) is 5.39. The number of carbonyl (C=O) groups is 2. The summed E-state index contributed by atoms with van der Waals surface area (Å²) in [6.45, 7) is 5.69. The van der Waals surface area contributed by atoms with Gasteiger partial charge in [-0.05, 0) is 32.8 Å². The standard InChI is InChI=1S/C16H23NO4/c1-11(2)21-10-15(18)17-9-14(16(19)20)8-13-6-4-5-12(3)7-13/h4-7,11,14H,8-10H2,1-3H3,(H,17,18)(H,19,20). The monoisotopic (exact) mass is 293 g/mol. The van der Waals surface area contributed by atoms with E-state index in [-0.39, 0.29) is 25.2 Å². The van der Waals surface area contributed by atoms with Gasteiger partial charge in [0.2, 0.25) is 5.91 Å². The number of aliphatic carboxylic acids is 1. The lowest BCUT2D eigenvalue weighted by Gasteiger charge is -2.14. The molecule has 116 valence electrons. The maximum atomic E-state index is 11.6. The Bertz CT molecular complexity index is 485. The summed E-state index contributed by atoms with van der Waals surface area (Å²) in [7, 11) is 0. The van der Waals surface area contributed by atoms with Gasteiger partial charge in [-0.2, -0.15) is 0 Å². The molecule has 0 aliphatic rings. The van der Waals surface area contributed by atoms with Crippen LogP contribution in [0.15, 0.2) is 24.3 Å². The molecule has 1 rings (SSSR count). The number of carboxylic acids is 1. The highest BCUT2D eigenvalue weighted by Crippen LogP contribution is 2.11. The fraction of sp³-hybridized carbons (Fsp3) is 0.500. The van der Waals surface area contributed by atoms with Crippen molar-refractivity contribution in [2.24, 2.45) is 5.92 Å². The van der Waals surface area contributed by atoms with Crippen LogP contribution in [-0.4, -0.2) is 36.2 Å². The van der Waals surface area contributed by atoms with E-state index >= 15 is 0 Å². The van der Waals surface area contributed by atoms with Gasteiger partial charge < -0.3 is 15.2 Å². The van der Waals surface area contributed by atoms with Gasteiger partial charge in [-0.1, -0.05) is 29.8 Å². The van der Waals surface area contributed by atoms with Crippen molar-refractivity contribution in [3.63, 3.8) is 0 Å². The minimum Gasteiger partial charge on any atom is -0.481 e. The number of ether oxygens (including phenoxy) is 1. The summed E-state index contributed by atoms with van der Waals surface area (Å²) in [6, 6.07) is 7.72. The van der Waals surface area contributed by atoms with Gasteiger partial charge in [0.15, 0.2) is 0 Å². The second kappa shape index (κ2) is 8.42. The molecule has 0 heterocycles. The molecular formula is C16H23NO4. The molecule has 0 saturated carbocycles. The van der Waals surface area contributed by atoms with Crippen molar-refractivity contribution in [1.29, 1.82) is 0 Å². The van der Waals surface area contributed by atoms with Gasteiger partial charge >= 0.3 is 5.97 Å². The first-order valence-electron chi connectivity index (χ1n) is 7.05. The van der Waals surface area contributed by atoms with Gasteiger partial charge in [0, 0.05) is 6.54 Å². The molecule has 0 aliphatic carbocycles. The van der Waals surface area contributed by atoms with Gasteiger partial charge in [0.1, 0.15) is 6.61 Å². The lowest BCUT2D eigenvalue weighted by Crippen LogP contribution is -2.36. The number of hydrogen-bond acceptors (Lipinski definition) is 3. The van der Waals surface area contributed by atoms with E-state index in [1.165, 1.54) is 0 Å². The number of nitrogens with one attached hydrogen (secondary N) is 1. The Kier molecular flexibility index (Phi) is 6.88. The van der Waals surface area contributed by atoms with Crippen LogP contribution in [0, 0.1) is 12.8 Å². The third-order valence-corrected chi connectivity index (χ3v) is 3.01. The zero-order valence-electron chi connectivity index (χ0n) is 12.8. The maximum absolute atomic E-state index is 11.6. The van der Waals surface area contributed by atoms with Crippen molar-refractivity contribution < 1.29 is 19.4 Å². The van der Waals surface area contributed by atoms with Crippen molar-refractivity contribution in [2.75, 3.05) is 13.2 Å². The Labute approximate surface area is 125 Å². The Morgan fingerprint density at radius 2 is 2.05 bits per heavy atom. The van der Waals surface area contributed by atoms with E-state index in [0.29, 0.717) is 6.42 Å². The van der Waals surface area contributed by atoms with Crippen LogP contribution in [0.4, 0.5) is 0 Å². The van der Waals surface area contributed by atoms with E-state index < -0.39 is 11.9 Å². The molecule has 5 heteroatoms. The Balaban J connectivity index is 2.51. The predicted octanol–water partition coefficient (Wildman–Crippen LogP) is 1.78. The average Bonchev–Trinajstić information content (AvgIpc) is 2.40. The van der Waals surface area contributed by atoms with Crippen LogP contribution >= 0.6 is 0 Å². The molecule has 2 N–H and O–H groups in total. The Morgan fingerprint density at radius 3 is 2.62 bits per heavy atom. The zero-order chi connectivity index (χ0) is 15.8. The first kappa shape index (κ1) is 17.2. The molecule has 5 nitrogen and oxygen atoms in total. The predicted molar refractivity (Wildman–Crippen MR) is 80.1 cm³/mol. The van der Waals surface area contributed by atoms with Crippen LogP contribution in [-0.2, 0) is 20.7 Å². The van der Waals surface area contributed by atoms with Crippen LogP contribution < -0.4 is 5.32 Å². The van der Waals surface area contributed by atoms with E-state index in [4.69, 9.17) is 4.74 Å². The summed E-state index contributed by atoms with van der Waals surface area (Å²) in [5.74, 6) is -1.85. The largest absolute Gasteiger partial charge is 0.481 e. The highest BCUT2D eigenvalue weighted by atomic mass is 16.5. The highest BCUT2D eigenvalue weighted by Gasteiger charge is 2.19. The number of rotatable bonds is 8. The number of hydrogen-bond donors (Lipinski definition) is 2. The molecule has 0 fully saturated rings. The van der Waals surface area contributed by atoms with Crippen LogP contribution in [0.5, 0.6) is 0 Å². The van der Waals surface area contributed by atoms with Gasteiger partial charge in [0.05, 0.1) is 12.0 Å². The van der Waals surface area contributed by atoms with Crippen molar-refractivity contribution >= 4 is 11.9 Å². The van der Waals surface area contributed by atoms with Crippen LogP contribution in [0.25, 0.3) is 0 Å². The van der Waals surface area contributed by atoms with E-state index in [9.17, 15) is 14.7 Å². The van der Waals surface area contributed by atoms with Crippen molar-refractivity contribution in [2.45, 2.75) is 33.3 Å². The minimum absolute atomic E-state index is 0.0293. The average molecular weight is 293 g/mol. The molecule has 0 aliphatic heterocycles. The molecule has 1 unspecified atom stereocenters. The Morgan fingerprint density at radius 1 is 1.33 bits per heavy atom. The summed E-state index contributed by atoms with van der Waals surface area (Å²) in [4.78, 5) is 22.8. The molecule has 0 saturated heterocycles. The van der Waals surface area contributed by atoms with E-state index in [1.807, 2.05) is 45.0 Å². The normalized spacial score (nSPS) is 12.2. The van der Waals surface area contributed by atoms with Crippen molar-refractivity contribution in [1.82, 2.24) is 5.32 Å². The highest BCUT2D eigenvalue weighted by molar-refractivity contribution is 5.78. The van der Waals surface area contributed by atoms with E-state index in [2.05, 4.69) is 5.32 Å². The maximum Gasteiger partial charge on any atom is 0.308 e. The number of amides is 1. The van der Waals surface area contributed by atoms with Crippen LogP contribution in [0.2, 0.25) is 0 Å². The molecule has 1 atom stereocenters. The molecule has 0 spiro atoms. The summed E-state index contributed by atoms with van der Waals surface area (Å²) in [5, 5.41) is 11.9. The number of carbonyl (C=O) groups excluding carboxylic acids is 1. The summed E-state index contributed by atoms with van der Waals surface area (Å²) in [5.41, 5.74) is 2.04. The molecule has 21 heavy (non-hydrogen) atoms. The Hall–Kier alpha value is -1.88. The molecule has 1 aromatic rings. The third kappa shape index (κ3) is 6.90. The summed E-state index contributed by atoms with van der Waals surface area (Å²) < 4.78 is 5.17. The van der Waals surface area contributed by atoms with Gasteiger partial charge in [0.25, 0.3) is 0 Å². The molecule has 1 amide bonds. The number of aryl methyl sites for hydroxylation is 1. The zero-order valence-corrected chi connectivity index (χ0v) is 12.8. The smallest absolute Gasteiger partial charge is 0.308 e. The van der Waals surface area contributed by atoms with Gasteiger partial charge in [-0.25, -0.2) is 0 Å². The van der Waals surface area contributed by atoms with Crippen LogP contribution in [0.3, 0.4) is 0 Å².